The Morgan fingerprint density at radius 2 is 2.44 bits per heavy atom. The van der Waals surface area contributed by atoms with Crippen LogP contribution in [0, 0.1) is 0 Å². The van der Waals surface area contributed by atoms with Crippen LogP contribution in [-0.2, 0) is 13.0 Å². The van der Waals surface area contributed by atoms with Gasteiger partial charge in [0.15, 0.2) is 10.8 Å². The van der Waals surface area contributed by atoms with E-state index in [0.29, 0.717) is 13.1 Å². The molecule has 0 atom stereocenters. The van der Waals surface area contributed by atoms with Gasteiger partial charge >= 0.3 is 5.97 Å². The first-order valence-electron chi connectivity index (χ1n) is 5.50. The van der Waals surface area contributed by atoms with Crippen molar-refractivity contribution in [3.63, 3.8) is 0 Å². The summed E-state index contributed by atoms with van der Waals surface area (Å²) >= 11 is 1.56. The minimum Gasteiger partial charge on any atom is -0.476 e. The smallest absolute Gasteiger partial charge is 0.358 e. The quantitative estimate of drug-likeness (QED) is 0.814. The molecule has 0 aliphatic carbocycles. The molecule has 0 aliphatic rings. The number of hydrogen-bond acceptors (Lipinski definition) is 6. The van der Waals surface area contributed by atoms with E-state index in [1.807, 2.05) is 5.38 Å². The summed E-state index contributed by atoms with van der Waals surface area (Å²) in [5.74, 6) is -1.07. The molecule has 2 aromatic rings. The first kappa shape index (κ1) is 12.5. The number of aromatic carboxylic acids is 1. The minimum atomic E-state index is -1.07. The molecule has 2 N–H and O–H groups in total. The first-order valence-corrected chi connectivity index (χ1v) is 6.38. The summed E-state index contributed by atoms with van der Waals surface area (Å²) in [4.78, 5) is 15.0. The molecule has 0 aliphatic heterocycles. The Hall–Kier alpha value is -1.96. The van der Waals surface area contributed by atoms with Crippen molar-refractivity contribution in [3.05, 3.63) is 23.0 Å². The standard InChI is InChI=1S/C10H13N5O2S/c1-2-7-6-18-10(12-7)11-3-4-15-5-8(9(16)17)13-14-15/h5-6H,2-4H2,1H3,(H,11,12)(H,16,17). The fraction of sp³-hybridized carbons (Fsp3) is 0.400. The van der Waals surface area contributed by atoms with Crippen LogP contribution in [0.4, 0.5) is 5.13 Å². The largest absolute Gasteiger partial charge is 0.476 e. The zero-order valence-electron chi connectivity index (χ0n) is 9.83. The summed E-state index contributed by atoms with van der Waals surface area (Å²) in [6.45, 7) is 3.22. The predicted molar refractivity (Wildman–Crippen MR) is 67.0 cm³/mol. The Bertz CT molecular complexity index is 536. The number of aromatic nitrogens is 4. The SMILES string of the molecule is CCc1csc(NCCn2cc(C(=O)O)nn2)n1. The highest BCUT2D eigenvalue weighted by Crippen LogP contribution is 2.15. The molecule has 0 radical (unpaired) electrons. The van der Waals surface area contributed by atoms with E-state index in [1.54, 1.807) is 11.3 Å². The van der Waals surface area contributed by atoms with Gasteiger partial charge < -0.3 is 10.4 Å². The van der Waals surface area contributed by atoms with Crippen LogP contribution in [0.25, 0.3) is 0 Å². The molecule has 0 amide bonds. The van der Waals surface area contributed by atoms with Gasteiger partial charge in [-0.25, -0.2) is 14.5 Å². The second kappa shape index (κ2) is 5.58. The van der Waals surface area contributed by atoms with Gasteiger partial charge in [-0.3, -0.25) is 0 Å². The highest BCUT2D eigenvalue weighted by molar-refractivity contribution is 7.13. The Labute approximate surface area is 107 Å². The highest BCUT2D eigenvalue weighted by Gasteiger charge is 2.07. The summed E-state index contributed by atoms with van der Waals surface area (Å²) in [6, 6.07) is 0. The molecule has 0 saturated carbocycles. The lowest BCUT2D eigenvalue weighted by atomic mass is 10.4. The number of hydrogen-bond donors (Lipinski definition) is 2. The van der Waals surface area contributed by atoms with Crippen LogP contribution in [0.1, 0.15) is 23.1 Å². The number of thiazole rings is 1. The van der Waals surface area contributed by atoms with E-state index >= 15 is 0 Å². The number of anilines is 1. The van der Waals surface area contributed by atoms with Gasteiger partial charge in [0.05, 0.1) is 18.4 Å². The highest BCUT2D eigenvalue weighted by atomic mass is 32.1. The molecule has 0 aromatic carbocycles. The van der Waals surface area contributed by atoms with Crippen molar-refractivity contribution in [1.29, 1.82) is 0 Å². The summed E-state index contributed by atoms with van der Waals surface area (Å²) in [5, 5.41) is 22.0. The number of nitrogens with zero attached hydrogens (tertiary/aromatic N) is 4. The maximum Gasteiger partial charge on any atom is 0.358 e. The van der Waals surface area contributed by atoms with E-state index in [0.717, 1.165) is 17.2 Å². The van der Waals surface area contributed by atoms with E-state index in [-0.39, 0.29) is 5.69 Å². The number of carboxylic acids is 1. The third-order valence-corrected chi connectivity index (χ3v) is 3.14. The lowest BCUT2D eigenvalue weighted by Gasteiger charge is -2.01. The Kier molecular flexibility index (Phi) is 3.88. The van der Waals surface area contributed by atoms with E-state index in [1.165, 1.54) is 10.9 Å². The molecule has 0 bridgehead atoms. The summed E-state index contributed by atoms with van der Waals surface area (Å²) in [7, 11) is 0. The molecule has 0 saturated heterocycles. The number of rotatable bonds is 6. The normalized spacial score (nSPS) is 10.5. The van der Waals surface area contributed by atoms with Crippen LogP contribution >= 0.6 is 11.3 Å². The molecule has 18 heavy (non-hydrogen) atoms. The maximum absolute atomic E-state index is 10.6. The molecule has 0 spiro atoms. The van der Waals surface area contributed by atoms with Gasteiger partial charge in [-0.15, -0.1) is 16.4 Å². The first-order chi connectivity index (χ1) is 8.69. The number of carboxylic acid groups (broad SMARTS) is 1. The van der Waals surface area contributed by atoms with Crippen molar-refractivity contribution in [3.8, 4) is 0 Å². The third-order valence-electron chi connectivity index (χ3n) is 2.29. The van der Waals surface area contributed by atoms with Gasteiger partial charge in [0.1, 0.15) is 0 Å². The predicted octanol–water partition coefficient (Wildman–Crippen LogP) is 1.11. The molecule has 0 fully saturated rings. The van der Waals surface area contributed by atoms with Gasteiger partial charge in [0, 0.05) is 11.9 Å². The molecule has 8 heteroatoms. The summed E-state index contributed by atoms with van der Waals surface area (Å²) in [5.41, 5.74) is 1.02. The van der Waals surface area contributed by atoms with Gasteiger partial charge in [-0.05, 0) is 6.42 Å². The molecule has 2 heterocycles. The van der Waals surface area contributed by atoms with Crippen LogP contribution in [0.2, 0.25) is 0 Å². The molecule has 2 aromatic heterocycles. The Morgan fingerprint density at radius 3 is 3.06 bits per heavy atom. The molecular weight excluding hydrogens is 254 g/mol. The second-order valence-corrected chi connectivity index (χ2v) is 4.45. The van der Waals surface area contributed by atoms with Crippen molar-refractivity contribution in [2.75, 3.05) is 11.9 Å². The van der Waals surface area contributed by atoms with Crippen molar-refractivity contribution in [1.82, 2.24) is 20.0 Å². The van der Waals surface area contributed by atoms with Gasteiger partial charge in [-0.1, -0.05) is 12.1 Å². The topological polar surface area (TPSA) is 92.9 Å². The van der Waals surface area contributed by atoms with Crippen molar-refractivity contribution >= 4 is 22.4 Å². The van der Waals surface area contributed by atoms with E-state index in [2.05, 4.69) is 27.5 Å². The average molecular weight is 267 g/mol. The Balaban J connectivity index is 1.82. The van der Waals surface area contributed by atoms with Crippen molar-refractivity contribution < 1.29 is 9.90 Å². The zero-order chi connectivity index (χ0) is 13.0. The minimum absolute atomic E-state index is 0.0440. The fourth-order valence-corrected chi connectivity index (χ4v) is 2.16. The monoisotopic (exact) mass is 267 g/mol. The fourth-order valence-electron chi connectivity index (χ4n) is 1.33. The Morgan fingerprint density at radius 1 is 1.61 bits per heavy atom. The van der Waals surface area contributed by atoms with Gasteiger partial charge in [0.2, 0.25) is 0 Å². The lowest BCUT2D eigenvalue weighted by molar-refractivity contribution is 0.0690. The number of nitrogens with one attached hydrogen (secondary N) is 1. The van der Waals surface area contributed by atoms with Crippen LogP contribution in [0.5, 0.6) is 0 Å². The van der Waals surface area contributed by atoms with Crippen LogP contribution in [0.3, 0.4) is 0 Å². The van der Waals surface area contributed by atoms with Crippen molar-refractivity contribution in [2.24, 2.45) is 0 Å². The van der Waals surface area contributed by atoms with Crippen LogP contribution < -0.4 is 5.32 Å². The lowest BCUT2D eigenvalue weighted by Crippen LogP contribution is -2.11. The molecule has 2 rings (SSSR count). The van der Waals surface area contributed by atoms with E-state index in [9.17, 15) is 4.79 Å². The third kappa shape index (κ3) is 3.04. The van der Waals surface area contributed by atoms with Gasteiger partial charge in [0.25, 0.3) is 0 Å². The maximum atomic E-state index is 10.6. The molecule has 0 unspecified atom stereocenters. The van der Waals surface area contributed by atoms with E-state index in [4.69, 9.17) is 5.11 Å². The molecule has 7 nitrogen and oxygen atoms in total. The second-order valence-electron chi connectivity index (χ2n) is 3.60. The van der Waals surface area contributed by atoms with Gasteiger partial charge in [-0.2, -0.15) is 0 Å². The van der Waals surface area contributed by atoms with E-state index < -0.39 is 5.97 Å². The molecular formula is C10H13N5O2S. The summed E-state index contributed by atoms with van der Waals surface area (Å²) < 4.78 is 1.49. The van der Waals surface area contributed by atoms with Crippen LogP contribution in [-0.4, -0.2) is 37.6 Å². The number of carbonyl (C=O) groups is 1. The zero-order valence-corrected chi connectivity index (χ0v) is 10.6. The average Bonchev–Trinajstić information content (AvgIpc) is 2.97. The number of aryl methyl sites for hydroxylation is 1. The van der Waals surface area contributed by atoms with Crippen LogP contribution in [0.15, 0.2) is 11.6 Å². The molecule has 96 valence electrons. The summed E-state index contributed by atoms with van der Waals surface area (Å²) in [6.07, 6.45) is 2.33. The van der Waals surface area contributed by atoms with Crippen molar-refractivity contribution in [2.45, 2.75) is 19.9 Å².